The van der Waals surface area contributed by atoms with Crippen LogP contribution in [0.25, 0.3) is 0 Å². The van der Waals surface area contributed by atoms with Gasteiger partial charge in [-0.1, -0.05) is 6.07 Å². The molecule has 1 amide bonds. The fourth-order valence-corrected chi connectivity index (χ4v) is 3.66. The highest BCUT2D eigenvalue weighted by Gasteiger charge is 2.25. The first-order chi connectivity index (χ1) is 12.3. The topological polar surface area (TPSA) is 107 Å². The lowest BCUT2D eigenvalue weighted by Crippen LogP contribution is -2.23. The number of rotatable bonds is 5. The maximum absolute atomic E-state index is 12.4. The summed E-state index contributed by atoms with van der Waals surface area (Å²) in [6.45, 7) is 2.25. The van der Waals surface area contributed by atoms with Gasteiger partial charge in [-0.3, -0.25) is 14.9 Å². The van der Waals surface area contributed by atoms with E-state index in [0.29, 0.717) is 24.2 Å². The normalized spacial score (nSPS) is 14.5. The van der Waals surface area contributed by atoms with Crippen LogP contribution in [0, 0.1) is 17.0 Å². The summed E-state index contributed by atoms with van der Waals surface area (Å²) in [5.41, 5.74) is 0.793. The Morgan fingerprint density at radius 3 is 2.42 bits per heavy atom. The zero-order valence-corrected chi connectivity index (χ0v) is 14.7. The van der Waals surface area contributed by atoms with E-state index < -0.39 is 20.7 Å². The van der Waals surface area contributed by atoms with Crippen molar-refractivity contribution >= 4 is 27.4 Å². The standard InChI is InChI=1S/C17H16N2O6S/c1-12-4-9-16(15(11-12)19(21)22)25-26(23,24)14-7-5-13(6-8-14)18-10-2-3-17(18)20/h4-9,11H,2-3,10H2,1H3. The molecule has 3 rings (SSSR count). The molecule has 0 saturated carbocycles. The van der Waals surface area contributed by atoms with E-state index in [-0.39, 0.29) is 16.6 Å². The van der Waals surface area contributed by atoms with Gasteiger partial charge in [0.15, 0.2) is 0 Å². The molecular weight excluding hydrogens is 360 g/mol. The summed E-state index contributed by atoms with van der Waals surface area (Å²) >= 11 is 0. The molecule has 9 heteroatoms. The number of aryl methyl sites for hydroxylation is 1. The third-order valence-electron chi connectivity index (χ3n) is 4.02. The highest BCUT2D eigenvalue weighted by molar-refractivity contribution is 7.87. The smallest absolute Gasteiger partial charge is 0.339 e. The van der Waals surface area contributed by atoms with Gasteiger partial charge in [-0.15, -0.1) is 0 Å². The van der Waals surface area contributed by atoms with Gasteiger partial charge >= 0.3 is 15.8 Å². The first-order valence-corrected chi connectivity index (χ1v) is 9.29. The molecule has 2 aromatic rings. The maximum Gasteiger partial charge on any atom is 0.339 e. The average Bonchev–Trinajstić information content (AvgIpc) is 3.02. The molecule has 0 bridgehead atoms. The lowest BCUT2D eigenvalue weighted by atomic mass is 10.2. The molecule has 0 aromatic heterocycles. The molecule has 8 nitrogen and oxygen atoms in total. The van der Waals surface area contributed by atoms with Crippen molar-refractivity contribution in [3.8, 4) is 5.75 Å². The monoisotopic (exact) mass is 376 g/mol. The number of carbonyl (C=O) groups excluding carboxylic acids is 1. The minimum Gasteiger partial charge on any atom is -0.372 e. The van der Waals surface area contributed by atoms with Crippen molar-refractivity contribution in [2.75, 3.05) is 11.4 Å². The summed E-state index contributed by atoms with van der Waals surface area (Å²) in [5, 5.41) is 11.1. The molecule has 1 saturated heterocycles. The Labute approximate surface area is 150 Å². The van der Waals surface area contributed by atoms with Crippen LogP contribution in [0.2, 0.25) is 0 Å². The number of hydrogen-bond donors (Lipinski definition) is 0. The third-order valence-corrected chi connectivity index (χ3v) is 5.27. The highest BCUT2D eigenvalue weighted by Crippen LogP contribution is 2.31. The lowest BCUT2D eigenvalue weighted by Gasteiger charge is -2.16. The van der Waals surface area contributed by atoms with Crippen molar-refractivity contribution in [3.63, 3.8) is 0 Å². The van der Waals surface area contributed by atoms with E-state index in [1.165, 1.54) is 42.5 Å². The van der Waals surface area contributed by atoms with Crippen molar-refractivity contribution in [2.45, 2.75) is 24.7 Å². The molecule has 1 heterocycles. The van der Waals surface area contributed by atoms with E-state index in [9.17, 15) is 23.3 Å². The predicted molar refractivity (Wildman–Crippen MR) is 93.7 cm³/mol. The zero-order valence-electron chi connectivity index (χ0n) is 13.9. The quantitative estimate of drug-likeness (QED) is 0.451. The molecule has 0 unspecified atom stereocenters. The van der Waals surface area contributed by atoms with Gasteiger partial charge in [-0.25, -0.2) is 0 Å². The first kappa shape index (κ1) is 17.9. The zero-order chi connectivity index (χ0) is 18.9. The van der Waals surface area contributed by atoms with Crippen molar-refractivity contribution in [1.29, 1.82) is 0 Å². The fraction of sp³-hybridized carbons (Fsp3) is 0.235. The molecule has 0 radical (unpaired) electrons. The van der Waals surface area contributed by atoms with Crippen LogP contribution in [-0.4, -0.2) is 25.8 Å². The molecule has 2 aromatic carbocycles. The van der Waals surface area contributed by atoms with Crippen LogP contribution in [0.4, 0.5) is 11.4 Å². The Kier molecular flexibility index (Phi) is 4.64. The molecule has 0 N–H and O–H groups in total. The number of hydrogen-bond acceptors (Lipinski definition) is 6. The third kappa shape index (κ3) is 3.52. The molecule has 1 fully saturated rings. The van der Waals surface area contributed by atoms with E-state index >= 15 is 0 Å². The minimum absolute atomic E-state index is 0.00728. The summed E-state index contributed by atoms with van der Waals surface area (Å²) in [6, 6.07) is 9.69. The molecule has 26 heavy (non-hydrogen) atoms. The Morgan fingerprint density at radius 2 is 1.85 bits per heavy atom. The predicted octanol–water partition coefficient (Wildman–Crippen LogP) is 2.80. The van der Waals surface area contributed by atoms with E-state index in [1.807, 2.05) is 0 Å². The number of nitro groups is 1. The molecule has 0 aliphatic carbocycles. The Bertz CT molecular complexity index is 969. The SMILES string of the molecule is Cc1ccc(OS(=O)(=O)c2ccc(N3CCCC3=O)cc2)c([N+](=O)[O-])c1. The van der Waals surface area contributed by atoms with Crippen LogP contribution >= 0.6 is 0 Å². The average molecular weight is 376 g/mol. The van der Waals surface area contributed by atoms with Crippen LogP contribution in [0.15, 0.2) is 47.4 Å². The Morgan fingerprint density at radius 1 is 1.15 bits per heavy atom. The molecule has 0 spiro atoms. The van der Waals surface area contributed by atoms with Gasteiger partial charge in [-0.05, 0) is 49.2 Å². The second kappa shape index (κ2) is 6.75. The van der Waals surface area contributed by atoms with Crippen LogP contribution < -0.4 is 9.08 Å². The van der Waals surface area contributed by atoms with Crippen LogP contribution in [0.3, 0.4) is 0 Å². The Balaban J connectivity index is 1.87. The summed E-state index contributed by atoms with van der Waals surface area (Å²) in [6.07, 6.45) is 1.24. The molecule has 0 atom stereocenters. The van der Waals surface area contributed by atoms with Crippen molar-refractivity contribution in [2.24, 2.45) is 0 Å². The summed E-state index contributed by atoms with van der Waals surface area (Å²) < 4.78 is 29.8. The second-order valence-corrected chi connectivity index (χ2v) is 7.45. The Hall–Kier alpha value is -2.94. The van der Waals surface area contributed by atoms with Crippen molar-refractivity contribution < 1.29 is 22.3 Å². The second-order valence-electron chi connectivity index (χ2n) is 5.91. The van der Waals surface area contributed by atoms with Gasteiger partial charge in [0.05, 0.1) is 4.92 Å². The highest BCUT2D eigenvalue weighted by atomic mass is 32.2. The molecular formula is C17H16N2O6S. The van der Waals surface area contributed by atoms with E-state index in [1.54, 1.807) is 11.8 Å². The van der Waals surface area contributed by atoms with Gasteiger partial charge in [-0.2, -0.15) is 8.42 Å². The summed E-state index contributed by atoms with van der Waals surface area (Å²) in [7, 11) is -4.24. The van der Waals surface area contributed by atoms with Crippen LogP contribution in [-0.2, 0) is 14.9 Å². The number of nitro benzene ring substituents is 1. The van der Waals surface area contributed by atoms with Gasteiger partial charge in [0, 0.05) is 24.7 Å². The maximum atomic E-state index is 12.4. The van der Waals surface area contributed by atoms with Crippen molar-refractivity contribution in [1.82, 2.24) is 0 Å². The molecule has 1 aliphatic rings. The number of amides is 1. The number of nitrogens with zero attached hydrogens (tertiary/aromatic N) is 2. The van der Waals surface area contributed by atoms with Gasteiger partial charge < -0.3 is 9.08 Å². The molecule has 136 valence electrons. The largest absolute Gasteiger partial charge is 0.372 e. The number of carbonyl (C=O) groups is 1. The fourth-order valence-electron chi connectivity index (χ4n) is 2.72. The van der Waals surface area contributed by atoms with Gasteiger partial charge in [0.1, 0.15) is 4.90 Å². The number of benzene rings is 2. The first-order valence-electron chi connectivity index (χ1n) is 7.88. The van der Waals surface area contributed by atoms with Crippen LogP contribution in [0.5, 0.6) is 5.75 Å². The lowest BCUT2D eigenvalue weighted by molar-refractivity contribution is -0.385. The van der Waals surface area contributed by atoms with Crippen molar-refractivity contribution in [3.05, 3.63) is 58.1 Å². The summed E-state index contributed by atoms with van der Waals surface area (Å²) in [4.78, 5) is 23.6. The van der Waals surface area contributed by atoms with E-state index in [0.717, 1.165) is 6.42 Å². The van der Waals surface area contributed by atoms with E-state index in [4.69, 9.17) is 4.18 Å². The van der Waals surface area contributed by atoms with Crippen LogP contribution in [0.1, 0.15) is 18.4 Å². The minimum atomic E-state index is -4.24. The van der Waals surface area contributed by atoms with Gasteiger partial charge in [0.25, 0.3) is 0 Å². The van der Waals surface area contributed by atoms with E-state index in [2.05, 4.69) is 0 Å². The molecule has 1 aliphatic heterocycles. The number of anilines is 1. The van der Waals surface area contributed by atoms with Gasteiger partial charge in [0.2, 0.25) is 11.7 Å². The summed E-state index contributed by atoms with van der Waals surface area (Å²) in [5.74, 6) is -0.355.